The zero-order valence-corrected chi connectivity index (χ0v) is 17.8. The van der Waals surface area contributed by atoms with E-state index in [9.17, 15) is 9.90 Å². The van der Waals surface area contributed by atoms with E-state index in [-0.39, 0.29) is 17.8 Å². The molecule has 1 N–H and O–H groups in total. The van der Waals surface area contributed by atoms with Crippen molar-refractivity contribution in [2.45, 2.75) is 77.4 Å². The molecule has 3 aliphatic carbocycles. The van der Waals surface area contributed by atoms with E-state index in [1.165, 1.54) is 7.11 Å². The second kappa shape index (κ2) is 6.33. The Kier molecular flexibility index (Phi) is 4.51. The van der Waals surface area contributed by atoms with Crippen molar-refractivity contribution in [3.05, 3.63) is 23.7 Å². The highest BCUT2D eigenvalue weighted by Crippen LogP contribution is 2.68. The molecule has 1 heterocycles. The van der Waals surface area contributed by atoms with E-state index in [0.29, 0.717) is 19.4 Å². The number of hydrogen-bond donors (Lipinski definition) is 1. The smallest absolute Gasteiger partial charge is 0.314 e. The molecule has 2 saturated carbocycles. The number of carbonyl (C=O) groups excluding carboxylic acids is 1. The Balaban J connectivity index is 1.83. The van der Waals surface area contributed by atoms with Gasteiger partial charge in [-0.3, -0.25) is 4.79 Å². The van der Waals surface area contributed by atoms with Gasteiger partial charge in [-0.05, 0) is 64.4 Å². The highest BCUT2D eigenvalue weighted by Gasteiger charge is 2.70. The van der Waals surface area contributed by atoms with Gasteiger partial charge in [0.2, 0.25) is 0 Å². The second-order valence-corrected chi connectivity index (χ2v) is 9.71. The largest absolute Gasteiger partial charge is 0.469 e. The van der Waals surface area contributed by atoms with Crippen LogP contribution in [0.1, 0.15) is 71.1 Å². The van der Waals surface area contributed by atoms with Crippen molar-refractivity contribution in [1.29, 1.82) is 0 Å². The number of fused-ring (bicyclic) bond motifs is 4. The van der Waals surface area contributed by atoms with Gasteiger partial charge in [-0.15, -0.1) is 0 Å². The zero-order valence-electron chi connectivity index (χ0n) is 17.8. The number of furan rings is 1. The van der Waals surface area contributed by atoms with E-state index in [4.69, 9.17) is 13.9 Å². The first-order chi connectivity index (χ1) is 13.2. The summed E-state index contributed by atoms with van der Waals surface area (Å²) < 4.78 is 17.4. The average Bonchev–Trinajstić information content (AvgIpc) is 3.13. The minimum absolute atomic E-state index is 0.186. The zero-order chi connectivity index (χ0) is 20.4. The van der Waals surface area contributed by atoms with Crippen LogP contribution < -0.4 is 0 Å². The number of aliphatic hydroxyl groups is 1. The molecule has 28 heavy (non-hydrogen) atoms. The summed E-state index contributed by atoms with van der Waals surface area (Å²) in [7, 11) is 1.43. The van der Waals surface area contributed by atoms with Gasteiger partial charge < -0.3 is 19.0 Å². The summed E-state index contributed by atoms with van der Waals surface area (Å²) in [6, 6.07) is 2.05. The lowest BCUT2D eigenvalue weighted by molar-refractivity contribution is -0.265. The molecule has 0 unspecified atom stereocenters. The molecule has 3 aliphatic rings. The number of carbonyl (C=O) groups is 1. The van der Waals surface area contributed by atoms with Crippen LogP contribution in [-0.2, 0) is 26.3 Å². The Hall–Kier alpha value is -1.33. The summed E-state index contributed by atoms with van der Waals surface area (Å²) in [6.45, 7) is 8.93. The lowest BCUT2D eigenvalue weighted by atomic mass is 9.40. The summed E-state index contributed by atoms with van der Waals surface area (Å²) in [6.07, 6.45) is 6.42. The Morgan fingerprint density at radius 2 is 2.00 bits per heavy atom. The maximum atomic E-state index is 12.8. The van der Waals surface area contributed by atoms with Crippen LogP contribution in [0.5, 0.6) is 0 Å². The van der Waals surface area contributed by atoms with Gasteiger partial charge in [-0.25, -0.2) is 0 Å². The van der Waals surface area contributed by atoms with Crippen LogP contribution in [0.15, 0.2) is 16.7 Å². The van der Waals surface area contributed by atoms with Gasteiger partial charge in [0.15, 0.2) is 0 Å². The van der Waals surface area contributed by atoms with Gasteiger partial charge in [0.1, 0.15) is 5.76 Å². The van der Waals surface area contributed by atoms with Crippen LogP contribution in [0.25, 0.3) is 0 Å². The average molecular weight is 391 g/mol. The molecule has 6 atom stereocenters. The summed E-state index contributed by atoms with van der Waals surface area (Å²) in [5, 5.41) is 12.1. The second-order valence-electron chi connectivity index (χ2n) is 9.71. The third-order valence-electron chi connectivity index (χ3n) is 8.82. The molecule has 0 aromatic carbocycles. The van der Waals surface area contributed by atoms with E-state index in [1.807, 2.05) is 19.9 Å². The molecule has 1 aromatic heterocycles. The molecule has 5 nitrogen and oxygen atoms in total. The molecule has 2 fully saturated rings. The van der Waals surface area contributed by atoms with Crippen molar-refractivity contribution in [3.8, 4) is 0 Å². The van der Waals surface area contributed by atoms with Crippen molar-refractivity contribution >= 4 is 5.97 Å². The fourth-order valence-electron chi connectivity index (χ4n) is 7.26. The number of esters is 1. The lowest BCUT2D eigenvalue weighted by Crippen LogP contribution is -2.70. The van der Waals surface area contributed by atoms with Crippen molar-refractivity contribution in [2.75, 3.05) is 13.7 Å². The van der Waals surface area contributed by atoms with Crippen LogP contribution in [0.3, 0.4) is 0 Å². The van der Waals surface area contributed by atoms with Gasteiger partial charge in [0, 0.05) is 24.0 Å². The monoisotopic (exact) mass is 390 g/mol. The lowest BCUT2D eigenvalue weighted by Gasteiger charge is -2.66. The van der Waals surface area contributed by atoms with Gasteiger partial charge in [0.25, 0.3) is 0 Å². The van der Waals surface area contributed by atoms with Gasteiger partial charge in [0.05, 0.1) is 30.0 Å². The molecular weight excluding hydrogens is 356 g/mol. The Bertz CT molecular complexity index is 771. The molecule has 0 saturated heterocycles. The van der Waals surface area contributed by atoms with Gasteiger partial charge >= 0.3 is 5.97 Å². The predicted octanol–water partition coefficient (Wildman–Crippen LogP) is 4.21. The number of ether oxygens (including phenoxy) is 2. The van der Waals surface area contributed by atoms with E-state index >= 15 is 0 Å². The van der Waals surface area contributed by atoms with Crippen LogP contribution in [0, 0.1) is 22.7 Å². The maximum absolute atomic E-state index is 12.8. The maximum Gasteiger partial charge on any atom is 0.314 e. The van der Waals surface area contributed by atoms with Crippen LogP contribution in [0.4, 0.5) is 0 Å². The SMILES string of the molecule is CCO[C@]1(C)c2ccoc2C[C@H]2[C@H]1CC[C@@]1(O)[C@@](C)(C(=O)OC)CCC[C@]21C. The molecule has 4 rings (SSSR count). The minimum Gasteiger partial charge on any atom is -0.469 e. The van der Waals surface area contributed by atoms with E-state index in [1.54, 1.807) is 6.26 Å². The predicted molar refractivity (Wildman–Crippen MR) is 105 cm³/mol. The van der Waals surface area contributed by atoms with Crippen molar-refractivity contribution in [2.24, 2.45) is 22.7 Å². The van der Waals surface area contributed by atoms with Gasteiger partial charge in [-0.1, -0.05) is 13.3 Å². The summed E-state index contributed by atoms with van der Waals surface area (Å²) in [4.78, 5) is 12.8. The first-order valence-electron chi connectivity index (χ1n) is 10.7. The van der Waals surface area contributed by atoms with E-state index < -0.39 is 22.0 Å². The summed E-state index contributed by atoms with van der Waals surface area (Å²) >= 11 is 0. The molecular formula is C23H34O5. The van der Waals surface area contributed by atoms with Crippen molar-refractivity contribution in [1.82, 2.24) is 0 Å². The highest BCUT2D eigenvalue weighted by molar-refractivity contribution is 5.78. The highest BCUT2D eigenvalue weighted by atomic mass is 16.5. The molecule has 5 heteroatoms. The third-order valence-corrected chi connectivity index (χ3v) is 8.82. The third kappa shape index (κ3) is 2.23. The Labute approximate surface area is 167 Å². The fraction of sp³-hybridized carbons (Fsp3) is 0.783. The Morgan fingerprint density at radius 1 is 1.25 bits per heavy atom. The van der Waals surface area contributed by atoms with Crippen molar-refractivity contribution < 1.29 is 23.8 Å². The van der Waals surface area contributed by atoms with Crippen LogP contribution >= 0.6 is 0 Å². The molecule has 0 aliphatic heterocycles. The minimum atomic E-state index is -1.09. The first-order valence-corrected chi connectivity index (χ1v) is 10.7. The summed E-state index contributed by atoms with van der Waals surface area (Å²) in [5.41, 5.74) is -1.66. The number of rotatable bonds is 3. The fourth-order valence-corrected chi connectivity index (χ4v) is 7.26. The van der Waals surface area contributed by atoms with Crippen LogP contribution in [-0.4, -0.2) is 30.4 Å². The van der Waals surface area contributed by atoms with Gasteiger partial charge in [-0.2, -0.15) is 0 Å². The molecule has 0 spiro atoms. The summed E-state index contributed by atoms with van der Waals surface area (Å²) in [5.74, 6) is 1.14. The van der Waals surface area contributed by atoms with Crippen LogP contribution in [0.2, 0.25) is 0 Å². The topological polar surface area (TPSA) is 68.9 Å². The number of hydrogen-bond acceptors (Lipinski definition) is 5. The molecule has 156 valence electrons. The number of methoxy groups -OCH3 is 1. The quantitative estimate of drug-likeness (QED) is 0.783. The molecule has 0 radical (unpaired) electrons. The van der Waals surface area contributed by atoms with Crippen molar-refractivity contribution in [3.63, 3.8) is 0 Å². The first kappa shape index (κ1) is 20.0. The normalized spacial score (nSPS) is 44.9. The van der Waals surface area contributed by atoms with E-state index in [2.05, 4.69) is 13.8 Å². The Morgan fingerprint density at radius 3 is 2.68 bits per heavy atom. The molecule has 0 amide bonds. The standard InChI is InChI=1S/C23H34O5/c1-6-28-22(4)15-8-12-23(25)20(2,10-7-11-21(23,3)19(24)26-5)17(15)14-18-16(22)9-13-27-18/h9,13,15,17,25H,6-8,10-12,14H2,1-5H3/t15-,17+,20-,21-,22+,23+/m1/s1. The van der Waals surface area contributed by atoms with E-state index in [0.717, 1.165) is 37.0 Å². The molecule has 1 aromatic rings. The molecule has 0 bridgehead atoms.